The number of carboxylic acid groups (broad SMARTS) is 1. The van der Waals surface area contributed by atoms with Gasteiger partial charge < -0.3 is 20.5 Å². The Labute approximate surface area is 178 Å². The molecule has 0 unspecified atom stereocenters. The second-order valence-electron chi connectivity index (χ2n) is 7.06. The molecule has 0 bridgehead atoms. The van der Waals surface area contributed by atoms with Crippen molar-refractivity contribution in [2.75, 3.05) is 37.4 Å². The number of amides is 2. The molecule has 8 nitrogen and oxygen atoms in total. The van der Waals surface area contributed by atoms with Crippen molar-refractivity contribution in [2.24, 2.45) is 0 Å². The van der Waals surface area contributed by atoms with Crippen LogP contribution in [0, 0.1) is 0 Å². The van der Waals surface area contributed by atoms with Crippen LogP contribution in [0.3, 0.4) is 0 Å². The predicted molar refractivity (Wildman–Crippen MR) is 117 cm³/mol. The highest BCUT2D eigenvalue weighted by molar-refractivity contribution is 6.27. The van der Waals surface area contributed by atoms with E-state index in [0.29, 0.717) is 29.6 Å². The van der Waals surface area contributed by atoms with E-state index in [0.717, 1.165) is 27.4 Å². The normalized spacial score (nSPS) is 12.7. The molecule has 3 aromatic carbocycles. The molecule has 0 aromatic heterocycles. The zero-order valence-corrected chi connectivity index (χ0v) is 16.8. The van der Waals surface area contributed by atoms with Gasteiger partial charge in [-0.15, -0.1) is 0 Å². The largest absolute Gasteiger partial charge is 0.497 e. The van der Waals surface area contributed by atoms with Crippen molar-refractivity contribution < 1.29 is 24.2 Å². The Morgan fingerprint density at radius 2 is 1.61 bits per heavy atom. The highest BCUT2D eigenvalue weighted by Gasteiger charge is 2.34. The van der Waals surface area contributed by atoms with Crippen molar-refractivity contribution in [3.8, 4) is 5.75 Å². The fourth-order valence-electron chi connectivity index (χ4n) is 3.69. The molecule has 0 radical (unpaired) electrons. The predicted octanol–water partition coefficient (Wildman–Crippen LogP) is 3.05. The van der Waals surface area contributed by atoms with Gasteiger partial charge in [0.15, 0.2) is 0 Å². The first-order valence-electron chi connectivity index (χ1n) is 9.75. The number of hydrogen-bond donors (Lipinski definition) is 3. The van der Waals surface area contributed by atoms with E-state index < -0.39 is 24.3 Å². The highest BCUT2D eigenvalue weighted by Crippen LogP contribution is 2.34. The molecule has 0 saturated heterocycles. The van der Waals surface area contributed by atoms with Crippen LogP contribution in [-0.2, 0) is 4.79 Å². The summed E-state index contributed by atoms with van der Waals surface area (Å²) in [5.74, 6) is -1.63. The van der Waals surface area contributed by atoms with Crippen LogP contribution in [0.25, 0.3) is 10.8 Å². The molecular weight excluding hydrogens is 398 g/mol. The van der Waals surface area contributed by atoms with Gasteiger partial charge in [-0.05, 0) is 42.5 Å². The minimum Gasteiger partial charge on any atom is -0.497 e. The maximum absolute atomic E-state index is 12.7. The Hall–Kier alpha value is -4.07. The molecule has 3 N–H and O–H groups in total. The summed E-state index contributed by atoms with van der Waals surface area (Å²) in [6.45, 7) is 0.599. The Morgan fingerprint density at radius 1 is 0.935 bits per heavy atom. The van der Waals surface area contributed by atoms with E-state index in [-0.39, 0.29) is 0 Å². The van der Waals surface area contributed by atoms with Crippen molar-refractivity contribution in [3.05, 3.63) is 65.7 Å². The van der Waals surface area contributed by atoms with Crippen molar-refractivity contribution in [2.45, 2.75) is 0 Å². The van der Waals surface area contributed by atoms with Gasteiger partial charge in [-0.3, -0.25) is 19.3 Å². The second kappa shape index (κ2) is 8.35. The highest BCUT2D eigenvalue weighted by atomic mass is 16.5. The van der Waals surface area contributed by atoms with E-state index in [2.05, 4.69) is 10.6 Å². The number of carboxylic acids is 1. The molecule has 0 spiro atoms. The Kier molecular flexibility index (Phi) is 5.44. The Morgan fingerprint density at radius 3 is 2.29 bits per heavy atom. The van der Waals surface area contributed by atoms with Crippen LogP contribution in [0.5, 0.6) is 5.75 Å². The summed E-state index contributed by atoms with van der Waals surface area (Å²) in [4.78, 5) is 37.3. The minimum atomic E-state index is -1.24. The van der Waals surface area contributed by atoms with Gasteiger partial charge in [-0.25, -0.2) is 0 Å². The average Bonchev–Trinajstić information content (AvgIpc) is 2.78. The molecule has 3 aromatic rings. The van der Waals surface area contributed by atoms with Crippen LogP contribution in [0.1, 0.15) is 20.7 Å². The van der Waals surface area contributed by atoms with E-state index >= 15 is 0 Å². The zero-order chi connectivity index (χ0) is 22.0. The molecular formula is C23H21N3O5. The molecule has 1 aliphatic rings. The number of nitrogens with zero attached hydrogens (tertiary/aromatic N) is 1. The fourth-order valence-corrected chi connectivity index (χ4v) is 3.69. The standard InChI is InChI=1S/C23H21N3O5/c1-31-15-7-5-14(6-8-15)24-11-12-25-19-10-9-18-21-16(19)3-2-4-17(21)22(29)26(23(18)30)13-20(27)28/h2-10,24-25H,11-13H2,1H3,(H,27,28). The lowest BCUT2D eigenvalue weighted by molar-refractivity contribution is -0.137. The molecule has 0 fully saturated rings. The van der Waals surface area contributed by atoms with Crippen LogP contribution < -0.4 is 15.4 Å². The number of ether oxygens (including phenoxy) is 1. The molecule has 0 aliphatic carbocycles. The average molecular weight is 419 g/mol. The first-order valence-corrected chi connectivity index (χ1v) is 9.75. The number of benzene rings is 3. The van der Waals surface area contributed by atoms with Crippen LogP contribution in [0.2, 0.25) is 0 Å². The van der Waals surface area contributed by atoms with E-state index in [1.54, 1.807) is 31.4 Å². The minimum absolute atomic E-state index is 0.327. The quantitative estimate of drug-likeness (QED) is 0.380. The van der Waals surface area contributed by atoms with Crippen molar-refractivity contribution in [1.29, 1.82) is 0 Å². The fraction of sp³-hybridized carbons (Fsp3) is 0.174. The van der Waals surface area contributed by atoms with Gasteiger partial charge in [0.1, 0.15) is 12.3 Å². The molecule has 31 heavy (non-hydrogen) atoms. The summed E-state index contributed by atoms with van der Waals surface area (Å²) in [6.07, 6.45) is 0. The van der Waals surface area contributed by atoms with Gasteiger partial charge in [0.2, 0.25) is 0 Å². The summed E-state index contributed by atoms with van der Waals surface area (Å²) < 4.78 is 5.15. The number of nitrogens with one attached hydrogen (secondary N) is 2. The molecule has 1 heterocycles. The molecule has 0 atom stereocenters. The number of rotatable bonds is 8. The summed E-state index contributed by atoms with van der Waals surface area (Å²) in [5.41, 5.74) is 2.42. The SMILES string of the molecule is COc1ccc(NCCNc2ccc3c4c(cccc24)C(=O)N(CC(=O)O)C3=O)cc1. The maximum Gasteiger partial charge on any atom is 0.323 e. The van der Waals surface area contributed by atoms with Gasteiger partial charge in [0, 0.05) is 46.4 Å². The number of hydrogen-bond acceptors (Lipinski definition) is 6. The maximum atomic E-state index is 12.7. The van der Waals surface area contributed by atoms with Crippen LogP contribution in [-0.4, -0.2) is 54.5 Å². The molecule has 0 saturated carbocycles. The van der Waals surface area contributed by atoms with E-state index in [1.807, 2.05) is 30.3 Å². The number of carbonyl (C=O) groups excluding carboxylic acids is 2. The molecule has 2 amide bonds. The van der Waals surface area contributed by atoms with Gasteiger partial charge >= 0.3 is 5.97 Å². The van der Waals surface area contributed by atoms with Gasteiger partial charge in [0.25, 0.3) is 11.8 Å². The van der Waals surface area contributed by atoms with E-state index in [9.17, 15) is 14.4 Å². The third-order valence-electron chi connectivity index (χ3n) is 5.14. The van der Waals surface area contributed by atoms with Gasteiger partial charge in [0.05, 0.1) is 7.11 Å². The zero-order valence-electron chi connectivity index (χ0n) is 16.8. The third kappa shape index (κ3) is 3.87. The van der Waals surface area contributed by atoms with Crippen LogP contribution in [0.15, 0.2) is 54.6 Å². The number of carbonyl (C=O) groups is 3. The molecule has 1 aliphatic heterocycles. The molecule has 8 heteroatoms. The molecule has 158 valence electrons. The molecule has 4 rings (SSSR count). The van der Waals surface area contributed by atoms with Gasteiger partial charge in [-0.1, -0.05) is 12.1 Å². The lowest BCUT2D eigenvalue weighted by Gasteiger charge is -2.26. The lowest BCUT2D eigenvalue weighted by Crippen LogP contribution is -2.43. The topological polar surface area (TPSA) is 108 Å². The van der Waals surface area contributed by atoms with E-state index in [4.69, 9.17) is 9.84 Å². The number of methoxy groups -OCH3 is 1. The van der Waals surface area contributed by atoms with E-state index in [1.165, 1.54) is 0 Å². The monoisotopic (exact) mass is 419 g/mol. The smallest absolute Gasteiger partial charge is 0.323 e. The number of imide groups is 1. The van der Waals surface area contributed by atoms with Crippen LogP contribution >= 0.6 is 0 Å². The summed E-state index contributed by atoms with van der Waals surface area (Å²) in [7, 11) is 1.62. The Bertz CT molecular complexity index is 1150. The van der Waals surface area contributed by atoms with Crippen molar-refractivity contribution >= 4 is 39.9 Å². The Balaban J connectivity index is 1.52. The van der Waals surface area contributed by atoms with Crippen molar-refractivity contribution in [3.63, 3.8) is 0 Å². The summed E-state index contributed by atoms with van der Waals surface area (Å²) in [5, 5.41) is 17.0. The number of aliphatic carboxylic acids is 1. The summed E-state index contributed by atoms with van der Waals surface area (Å²) >= 11 is 0. The summed E-state index contributed by atoms with van der Waals surface area (Å²) in [6, 6.07) is 16.2. The first kappa shape index (κ1) is 20.2. The van der Waals surface area contributed by atoms with Gasteiger partial charge in [-0.2, -0.15) is 0 Å². The van der Waals surface area contributed by atoms with Crippen molar-refractivity contribution in [1.82, 2.24) is 4.90 Å². The third-order valence-corrected chi connectivity index (χ3v) is 5.14. The second-order valence-corrected chi connectivity index (χ2v) is 7.06. The first-order chi connectivity index (χ1) is 15.0. The number of anilines is 2. The lowest BCUT2D eigenvalue weighted by atomic mass is 9.93. The van der Waals surface area contributed by atoms with Crippen LogP contribution in [0.4, 0.5) is 11.4 Å².